The van der Waals surface area contributed by atoms with Gasteiger partial charge >= 0.3 is 0 Å². The van der Waals surface area contributed by atoms with E-state index in [2.05, 4.69) is 32.6 Å². The van der Waals surface area contributed by atoms with Crippen molar-refractivity contribution in [2.24, 2.45) is 5.92 Å². The molecule has 0 spiro atoms. The number of H-pyrrole nitrogens is 1. The lowest BCUT2D eigenvalue weighted by Gasteiger charge is -2.38. The highest BCUT2D eigenvalue weighted by Gasteiger charge is 2.35. The first kappa shape index (κ1) is 17.4. The fourth-order valence-electron chi connectivity index (χ4n) is 3.63. The summed E-state index contributed by atoms with van der Waals surface area (Å²) in [6.07, 6.45) is 3.36. The number of aliphatic hydroxyl groups is 1. The van der Waals surface area contributed by atoms with Gasteiger partial charge in [-0.15, -0.1) is 0 Å². The van der Waals surface area contributed by atoms with Gasteiger partial charge in [-0.1, -0.05) is 48.5 Å². The number of aromatic amines is 1. The summed E-state index contributed by atoms with van der Waals surface area (Å²) < 4.78 is 0. The molecule has 3 N–H and O–H groups in total. The zero-order valence-electron chi connectivity index (χ0n) is 14.9. The Morgan fingerprint density at radius 2 is 1.89 bits per heavy atom. The number of nitrogens with one attached hydrogen (secondary N) is 2. The highest BCUT2D eigenvalue weighted by molar-refractivity contribution is 6.00. The van der Waals surface area contributed by atoms with Gasteiger partial charge in [0.2, 0.25) is 0 Å². The van der Waals surface area contributed by atoms with Crippen LogP contribution < -0.4 is 5.32 Å². The van der Waals surface area contributed by atoms with Gasteiger partial charge in [-0.25, -0.2) is 4.98 Å². The van der Waals surface area contributed by atoms with Crippen LogP contribution in [0, 0.1) is 5.92 Å². The van der Waals surface area contributed by atoms with Crippen molar-refractivity contribution in [1.82, 2.24) is 20.5 Å². The van der Waals surface area contributed by atoms with Crippen LogP contribution in [0.3, 0.4) is 0 Å². The number of aliphatic hydroxyl groups excluding tert-OH is 1. The van der Waals surface area contributed by atoms with Gasteiger partial charge in [0.1, 0.15) is 6.33 Å². The minimum Gasteiger partial charge on any atom is -0.393 e. The Bertz CT molecular complexity index is 890. The van der Waals surface area contributed by atoms with Crippen LogP contribution in [-0.2, 0) is 6.42 Å². The number of hydrogen-bond acceptors (Lipinski definition) is 4. The van der Waals surface area contributed by atoms with Crippen LogP contribution in [0.5, 0.6) is 0 Å². The maximum absolute atomic E-state index is 13.1. The molecule has 4 rings (SSSR count). The predicted molar refractivity (Wildman–Crippen MR) is 102 cm³/mol. The summed E-state index contributed by atoms with van der Waals surface area (Å²) in [5.41, 5.74) is 2.46. The van der Waals surface area contributed by atoms with Gasteiger partial charge in [-0.2, -0.15) is 5.10 Å². The molecule has 0 aliphatic heterocycles. The van der Waals surface area contributed by atoms with Crippen LogP contribution in [0.2, 0.25) is 0 Å². The summed E-state index contributed by atoms with van der Waals surface area (Å²) in [7, 11) is 0. The largest absolute Gasteiger partial charge is 0.393 e. The van der Waals surface area contributed by atoms with Gasteiger partial charge in [0.05, 0.1) is 11.7 Å². The number of nitrogens with zero attached hydrogens (tertiary/aromatic N) is 2. The first-order chi connectivity index (χ1) is 13.2. The van der Waals surface area contributed by atoms with Crippen molar-refractivity contribution in [2.75, 3.05) is 0 Å². The molecule has 1 unspecified atom stereocenters. The molecular formula is C21H22N4O2. The standard InChI is InChI=1S/C21H22N4O2/c26-16-11-15(12-16)19(10-14-6-2-1-3-7-14)24-21(27)18-9-5-4-8-17(18)20-22-13-23-25-20/h1-9,13,15-16,19,26H,10-12H2,(H,24,27)(H,22,23,25). The van der Waals surface area contributed by atoms with Crippen molar-refractivity contribution in [3.8, 4) is 11.4 Å². The molecule has 1 amide bonds. The van der Waals surface area contributed by atoms with Gasteiger partial charge < -0.3 is 10.4 Å². The third kappa shape index (κ3) is 3.90. The van der Waals surface area contributed by atoms with E-state index in [1.165, 1.54) is 11.9 Å². The van der Waals surface area contributed by atoms with Gasteiger partial charge in [0, 0.05) is 11.6 Å². The lowest BCUT2D eigenvalue weighted by Crippen LogP contribution is -2.48. The number of aromatic nitrogens is 3. The Morgan fingerprint density at radius 1 is 1.15 bits per heavy atom. The molecule has 3 aromatic rings. The molecule has 1 aliphatic rings. The molecule has 0 saturated heterocycles. The van der Waals surface area contributed by atoms with E-state index in [9.17, 15) is 9.90 Å². The van der Waals surface area contributed by atoms with E-state index in [1.54, 1.807) is 6.07 Å². The Morgan fingerprint density at radius 3 is 2.59 bits per heavy atom. The monoisotopic (exact) mass is 362 g/mol. The van der Waals surface area contributed by atoms with E-state index in [0.717, 1.165) is 24.8 Å². The average Bonchev–Trinajstić information content (AvgIpc) is 3.20. The Balaban J connectivity index is 1.55. The van der Waals surface area contributed by atoms with E-state index in [0.29, 0.717) is 11.4 Å². The van der Waals surface area contributed by atoms with E-state index < -0.39 is 0 Å². The van der Waals surface area contributed by atoms with Gasteiger partial charge in [-0.05, 0) is 36.8 Å². The lowest BCUT2D eigenvalue weighted by atomic mass is 9.75. The fraction of sp³-hybridized carbons (Fsp3) is 0.286. The molecule has 1 atom stereocenters. The minimum absolute atomic E-state index is 0.0221. The normalized spacial score (nSPS) is 19.9. The smallest absolute Gasteiger partial charge is 0.252 e. The van der Waals surface area contributed by atoms with Crippen LogP contribution in [0.4, 0.5) is 0 Å². The molecule has 0 bridgehead atoms. The van der Waals surface area contributed by atoms with E-state index >= 15 is 0 Å². The number of hydrogen-bond donors (Lipinski definition) is 3. The fourth-order valence-corrected chi connectivity index (χ4v) is 3.63. The van der Waals surface area contributed by atoms with Crippen LogP contribution in [0.1, 0.15) is 28.8 Å². The Kier molecular flexibility index (Phi) is 4.98. The zero-order valence-corrected chi connectivity index (χ0v) is 14.9. The molecule has 6 nitrogen and oxygen atoms in total. The van der Waals surface area contributed by atoms with E-state index in [1.807, 2.05) is 36.4 Å². The first-order valence-corrected chi connectivity index (χ1v) is 9.18. The quantitative estimate of drug-likeness (QED) is 0.629. The number of rotatable bonds is 6. The van der Waals surface area contributed by atoms with Crippen molar-refractivity contribution in [3.63, 3.8) is 0 Å². The average molecular weight is 362 g/mol. The molecular weight excluding hydrogens is 340 g/mol. The predicted octanol–water partition coefficient (Wildman–Crippen LogP) is 2.58. The molecule has 1 aliphatic carbocycles. The van der Waals surface area contributed by atoms with Crippen molar-refractivity contribution in [2.45, 2.75) is 31.4 Å². The van der Waals surface area contributed by atoms with E-state index in [-0.39, 0.29) is 24.0 Å². The molecule has 6 heteroatoms. The number of carbonyl (C=O) groups excluding carboxylic acids is 1. The highest BCUT2D eigenvalue weighted by Crippen LogP contribution is 2.32. The molecule has 27 heavy (non-hydrogen) atoms. The van der Waals surface area contributed by atoms with Crippen molar-refractivity contribution >= 4 is 5.91 Å². The van der Waals surface area contributed by atoms with Crippen LogP contribution >= 0.6 is 0 Å². The second-order valence-corrected chi connectivity index (χ2v) is 7.03. The van der Waals surface area contributed by atoms with Crippen LogP contribution in [0.15, 0.2) is 60.9 Å². The van der Waals surface area contributed by atoms with Gasteiger partial charge in [-0.3, -0.25) is 9.89 Å². The molecule has 0 radical (unpaired) electrons. The SMILES string of the molecule is O=C(NC(Cc1ccccc1)C1CC(O)C1)c1ccccc1-c1ncn[nH]1. The number of carbonyl (C=O) groups is 1. The maximum Gasteiger partial charge on any atom is 0.252 e. The Labute approximate surface area is 157 Å². The summed E-state index contributed by atoms with van der Waals surface area (Å²) in [4.78, 5) is 17.2. The molecule has 1 saturated carbocycles. The molecule has 1 fully saturated rings. The third-order valence-electron chi connectivity index (χ3n) is 5.18. The molecule has 1 aromatic heterocycles. The zero-order chi connectivity index (χ0) is 18.6. The summed E-state index contributed by atoms with van der Waals surface area (Å²) in [5, 5.41) is 19.6. The summed E-state index contributed by atoms with van der Waals surface area (Å²) in [6, 6.07) is 17.5. The highest BCUT2D eigenvalue weighted by atomic mass is 16.3. The first-order valence-electron chi connectivity index (χ1n) is 9.18. The number of benzene rings is 2. The van der Waals surface area contributed by atoms with Gasteiger partial charge in [0.15, 0.2) is 5.82 Å². The molecule has 2 aromatic carbocycles. The summed E-state index contributed by atoms with van der Waals surface area (Å²) >= 11 is 0. The summed E-state index contributed by atoms with van der Waals surface area (Å²) in [6.45, 7) is 0. The van der Waals surface area contributed by atoms with Crippen molar-refractivity contribution < 1.29 is 9.90 Å². The topological polar surface area (TPSA) is 90.9 Å². The maximum atomic E-state index is 13.1. The second-order valence-electron chi connectivity index (χ2n) is 7.03. The van der Waals surface area contributed by atoms with E-state index in [4.69, 9.17) is 0 Å². The Hall–Kier alpha value is -2.99. The molecule has 1 heterocycles. The van der Waals surface area contributed by atoms with Crippen LogP contribution in [0.25, 0.3) is 11.4 Å². The van der Waals surface area contributed by atoms with Gasteiger partial charge in [0.25, 0.3) is 5.91 Å². The van der Waals surface area contributed by atoms with Crippen LogP contribution in [-0.4, -0.2) is 38.3 Å². The summed E-state index contributed by atoms with van der Waals surface area (Å²) in [5.74, 6) is 0.713. The minimum atomic E-state index is -0.258. The second kappa shape index (κ2) is 7.72. The van der Waals surface area contributed by atoms with Crippen molar-refractivity contribution in [1.29, 1.82) is 0 Å². The number of amides is 1. The molecule has 138 valence electrons. The lowest BCUT2D eigenvalue weighted by molar-refractivity contribution is 0.0239. The third-order valence-corrected chi connectivity index (χ3v) is 5.18. The van der Waals surface area contributed by atoms with Crippen molar-refractivity contribution in [3.05, 3.63) is 72.1 Å².